The minimum Gasteiger partial charge on any atom is -0.436 e. The summed E-state index contributed by atoms with van der Waals surface area (Å²) >= 11 is 3.39. The number of hydrogen-bond donors (Lipinski definition) is 1. The Morgan fingerprint density at radius 1 is 1.04 bits per heavy atom. The molecule has 0 bridgehead atoms. The van der Waals surface area contributed by atoms with Gasteiger partial charge >= 0.3 is 0 Å². The van der Waals surface area contributed by atoms with Crippen molar-refractivity contribution in [3.05, 3.63) is 76.0 Å². The van der Waals surface area contributed by atoms with E-state index in [1.54, 1.807) is 30.6 Å². The Hall–Kier alpha value is -2.99. The average Bonchev–Trinajstić information content (AvgIpc) is 3.04. The van der Waals surface area contributed by atoms with E-state index >= 15 is 0 Å². The normalized spacial score (nSPS) is 10.9. The number of halogens is 1. The Bertz CT molecular complexity index is 1150. The van der Waals surface area contributed by atoms with Crippen molar-refractivity contribution in [1.29, 1.82) is 0 Å². The van der Waals surface area contributed by atoms with Crippen molar-refractivity contribution in [3.8, 4) is 11.5 Å². The van der Waals surface area contributed by atoms with Gasteiger partial charge in [-0.3, -0.25) is 9.78 Å². The molecule has 0 spiro atoms. The predicted molar refractivity (Wildman–Crippen MR) is 109 cm³/mol. The Kier molecular flexibility index (Phi) is 4.49. The third kappa shape index (κ3) is 3.75. The first kappa shape index (κ1) is 17.4. The Labute approximate surface area is 164 Å². The van der Waals surface area contributed by atoms with Gasteiger partial charge in [-0.2, -0.15) is 0 Å². The second-order valence-corrected chi connectivity index (χ2v) is 7.34. The minimum atomic E-state index is -0.152. The van der Waals surface area contributed by atoms with Crippen molar-refractivity contribution in [2.75, 3.05) is 5.32 Å². The third-order valence-electron chi connectivity index (χ3n) is 4.08. The van der Waals surface area contributed by atoms with Crippen LogP contribution < -0.4 is 5.32 Å². The minimum absolute atomic E-state index is 0.152. The SMILES string of the molecule is Cc1cc(C)cc(C(=O)Nc2ccc3oc(-c4cncc(Br)c4)nc3c2)c1. The topological polar surface area (TPSA) is 68.0 Å². The van der Waals surface area contributed by atoms with E-state index in [0.29, 0.717) is 28.2 Å². The number of carbonyl (C=O) groups excluding carboxylic acids is 1. The molecule has 0 fully saturated rings. The summed E-state index contributed by atoms with van der Waals surface area (Å²) in [5.74, 6) is 0.331. The molecule has 2 aromatic heterocycles. The van der Waals surface area contributed by atoms with Gasteiger partial charge < -0.3 is 9.73 Å². The summed E-state index contributed by atoms with van der Waals surface area (Å²) in [6, 6.07) is 13.1. The number of amides is 1. The summed E-state index contributed by atoms with van der Waals surface area (Å²) in [4.78, 5) is 21.2. The van der Waals surface area contributed by atoms with Gasteiger partial charge in [-0.1, -0.05) is 17.2 Å². The Morgan fingerprint density at radius 2 is 1.81 bits per heavy atom. The van der Waals surface area contributed by atoms with Crippen LogP contribution in [0.25, 0.3) is 22.6 Å². The number of hydrogen-bond acceptors (Lipinski definition) is 4. The number of fused-ring (bicyclic) bond motifs is 1. The molecule has 0 unspecified atom stereocenters. The highest BCUT2D eigenvalue weighted by Crippen LogP contribution is 2.27. The zero-order chi connectivity index (χ0) is 19.0. The lowest BCUT2D eigenvalue weighted by Gasteiger charge is -2.07. The summed E-state index contributed by atoms with van der Waals surface area (Å²) in [5, 5.41) is 2.92. The van der Waals surface area contributed by atoms with Crippen molar-refractivity contribution < 1.29 is 9.21 Å². The first-order chi connectivity index (χ1) is 13.0. The molecule has 2 aromatic carbocycles. The van der Waals surface area contributed by atoms with E-state index in [9.17, 15) is 4.79 Å². The average molecular weight is 422 g/mol. The highest BCUT2D eigenvalue weighted by atomic mass is 79.9. The summed E-state index contributed by atoms with van der Waals surface area (Å²) in [5.41, 5.74) is 5.50. The predicted octanol–water partition coefficient (Wildman–Crippen LogP) is 5.52. The Balaban J connectivity index is 1.62. The smallest absolute Gasteiger partial charge is 0.255 e. The molecule has 0 saturated carbocycles. The number of rotatable bonds is 3. The molecule has 0 aliphatic heterocycles. The number of anilines is 1. The van der Waals surface area contributed by atoms with E-state index in [1.807, 2.05) is 38.1 Å². The summed E-state index contributed by atoms with van der Waals surface area (Å²) in [7, 11) is 0. The number of pyridine rings is 1. The van der Waals surface area contributed by atoms with Crippen LogP contribution >= 0.6 is 15.9 Å². The molecule has 4 rings (SSSR count). The fourth-order valence-electron chi connectivity index (χ4n) is 2.97. The first-order valence-electron chi connectivity index (χ1n) is 8.39. The molecule has 0 radical (unpaired) electrons. The van der Waals surface area contributed by atoms with Gasteiger partial charge in [0.1, 0.15) is 5.52 Å². The number of carbonyl (C=O) groups is 1. The van der Waals surface area contributed by atoms with Crippen molar-refractivity contribution in [1.82, 2.24) is 9.97 Å². The summed E-state index contributed by atoms with van der Waals surface area (Å²) in [6.07, 6.45) is 3.39. The van der Waals surface area contributed by atoms with Crippen LogP contribution in [0.3, 0.4) is 0 Å². The molecule has 4 aromatic rings. The van der Waals surface area contributed by atoms with Gasteiger partial charge in [0.2, 0.25) is 5.89 Å². The molecule has 2 heterocycles. The summed E-state index contributed by atoms with van der Waals surface area (Å²) < 4.78 is 6.65. The molecule has 0 atom stereocenters. The van der Waals surface area contributed by atoms with Crippen LogP contribution in [0.5, 0.6) is 0 Å². The van der Waals surface area contributed by atoms with Crippen LogP contribution in [0, 0.1) is 13.8 Å². The van der Waals surface area contributed by atoms with E-state index in [1.165, 1.54) is 0 Å². The molecule has 0 aliphatic rings. The van der Waals surface area contributed by atoms with E-state index in [0.717, 1.165) is 21.2 Å². The fraction of sp³-hybridized carbons (Fsp3) is 0.0952. The molecule has 27 heavy (non-hydrogen) atoms. The van der Waals surface area contributed by atoms with Gasteiger partial charge in [0.15, 0.2) is 5.58 Å². The molecule has 1 amide bonds. The highest BCUT2D eigenvalue weighted by Gasteiger charge is 2.12. The maximum absolute atomic E-state index is 12.6. The van der Waals surface area contributed by atoms with Gasteiger partial charge in [0, 0.05) is 28.1 Å². The quantitative estimate of drug-likeness (QED) is 0.472. The van der Waals surface area contributed by atoms with Gasteiger partial charge in [0.05, 0.1) is 5.56 Å². The van der Waals surface area contributed by atoms with Crippen LogP contribution in [-0.4, -0.2) is 15.9 Å². The van der Waals surface area contributed by atoms with Gasteiger partial charge in [-0.25, -0.2) is 4.98 Å². The molecule has 5 nitrogen and oxygen atoms in total. The van der Waals surface area contributed by atoms with E-state index in [2.05, 4.69) is 31.2 Å². The van der Waals surface area contributed by atoms with Crippen LogP contribution in [0.4, 0.5) is 5.69 Å². The number of oxazole rings is 1. The van der Waals surface area contributed by atoms with Crippen LogP contribution in [0.2, 0.25) is 0 Å². The van der Waals surface area contributed by atoms with Crippen molar-refractivity contribution in [2.45, 2.75) is 13.8 Å². The van der Waals surface area contributed by atoms with Gasteiger partial charge in [0.25, 0.3) is 5.91 Å². The zero-order valence-corrected chi connectivity index (χ0v) is 16.4. The van der Waals surface area contributed by atoms with Gasteiger partial charge in [-0.05, 0) is 66.2 Å². The molecular formula is C21H16BrN3O2. The lowest BCUT2D eigenvalue weighted by Crippen LogP contribution is -2.12. The molecule has 1 N–H and O–H groups in total. The largest absolute Gasteiger partial charge is 0.436 e. The zero-order valence-electron chi connectivity index (χ0n) is 14.8. The number of benzene rings is 2. The van der Waals surface area contributed by atoms with E-state index in [4.69, 9.17) is 4.42 Å². The number of nitrogens with one attached hydrogen (secondary N) is 1. The Morgan fingerprint density at radius 3 is 2.56 bits per heavy atom. The van der Waals surface area contributed by atoms with Crippen LogP contribution in [0.1, 0.15) is 21.5 Å². The lowest BCUT2D eigenvalue weighted by atomic mass is 10.1. The second-order valence-electron chi connectivity index (χ2n) is 6.42. The third-order valence-corrected chi connectivity index (χ3v) is 4.51. The van der Waals surface area contributed by atoms with Crippen LogP contribution in [-0.2, 0) is 0 Å². The molecule has 0 aliphatic carbocycles. The highest BCUT2D eigenvalue weighted by molar-refractivity contribution is 9.10. The standard InChI is InChI=1S/C21H16BrN3O2/c1-12-5-13(2)7-14(6-12)20(26)24-17-3-4-19-18(9-17)25-21(27-19)15-8-16(22)11-23-10-15/h3-11H,1-2H3,(H,24,26). The molecular weight excluding hydrogens is 406 g/mol. The molecule has 134 valence electrons. The van der Waals surface area contributed by atoms with E-state index in [-0.39, 0.29) is 5.91 Å². The maximum Gasteiger partial charge on any atom is 0.255 e. The van der Waals surface area contributed by atoms with Crippen molar-refractivity contribution in [3.63, 3.8) is 0 Å². The van der Waals surface area contributed by atoms with Crippen molar-refractivity contribution in [2.24, 2.45) is 0 Å². The first-order valence-corrected chi connectivity index (χ1v) is 9.18. The second kappa shape index (κ2) is 6.96. The van der Waals surface area contributed by atoms with E-state index < -0.39 is 0 Å². The van der Waals surface area contributed by atoms with Crippen LogP contribution in [0.15, 0.2) is 63.7 Å². The molecule has 0 saturated heterocycles. The number of nitrogens with zero attached hydrogens (tertiary/aromatic N) is 2. The fourth-order valence-corrected chi connectivity index (χ4v) is 3.33. The maximum atomic E-state index is 12.6. The lowest BCUT2D eigenvalue weighted by molar-refractivity contribution is 0.102. The summed E-state index contributed by atoms with van der Waals surface area (Å²) in [6.45, 7) is 3.95. The number of aryl methyl sites for hydroxylation is 2. The van der Waals surface area contributed by atoms with Gasteiger partial charge in [-0.15, -0.1) is 0 Å². The number of aromatic nitrogens is 2. The van der Waals surface area contributed by atoms with Crippen molar-refractivity contribution >= 4 is 38.6 Å². The monoisotopic (exact) mass is 421 g/mol. The molecule has 6 heteroatoms.